The molecule has 19 heavy (non-hydrogen) atoms. The molecule has 1 amide bonds. The Kier molecular flexibility index (Phi) is 5.21. The van der Waals surface area contributed by atoms with E-state index in [4.69, 9.17) is 5.73 Å². The summed E-state index contributed by atoms with van der Waals surface area (Å²) in [5, 5.41) is 9.43. The van der Waals surface area contributed by atoms with Gasteiger partial charge in [-0.25, -0.2) is 0 Å². The van der Waals surface area contributed by atoms with Crippen LogP contribution in [0.3, 0.4) is 0 Å². The minimum atomic E-state index is -4.42. The van der Waals surface area contributed by atoms with Crippen molar-refractivity contribution in [3.63, 3.8) is 0 Å². The average molecular weight is 295 g/mol. The van der Waals surface area contributed by atoms with Crippen LogP contribution in [0.15, 0.2) is 17.8 Å². The quantitative estimate of drug-likeness (QED) is 0.599. The van der Waals surface area contributed by atoms with E-state index < -0.39 is 18.6 Å². The summed E-state index contributed by atoms with van der Waals surface area (Å²) in [6.45, 7) is 2.52. The number of nitrogens with two attached hydrogens (primary N) is 1. The van der Waals surface area contributed by atoms with Crippen LogP contribution < -0.4 is 11.1 Å². The normalized spacial score (nSPS) is 11.3. The van der Waals surface area contributed by atoms with E-state index >= 15 is 0 Å². The van der Waals surface area contributed by atoms with Crippen LogP contribution in [0.1, 0.15) is 0 Å². The van der Waals surface area contributed by atoms with Gasteiger partial charge in [0.2, 0.25) is 11.9 Å². The number of carbonyl (C=O) groups is 1. The Balaban J connectivity index is 2.48. The molecule has 0 saturated heterocycles. The molecule has 1 aromatic rings. The largest absolute Gasteiger partial charge is 0.405 e. The topological polar surface area (TPSA) is 85.8 Å². The highest BCUT2D eigenvalue weighted by Gasteiger charge is 2.27. The molecule has 0 aliphatic carbocycles. The van der Waals surface area contributed by atoms with Gasteiger partial charge in [0.15, 0.2) is 5.16 Å². The number of halogens is 3. The Morgan fingerprint density at radius 2 is 2.21 bits per heavy atom. The first kappa shape index (κ1) is 15.3. The number of amides is 1. The van der Waals surface area contributed by atoms with Crippen molar-refractivity contribution in [1.82, 2.24) is 20.1 Å². The van der Waals surface area contributed by atoms with Gasteiger partial charge in [-0.05, 0) is 0 Å². The standard InChI is InChI=1S/C9H12F3N5OS/c1-2-3-17-7(13)15-16-8(17)19-4-6(18)14-5-9(10,11)12/h2H,1,3-5H2,(H2,13,15)(H,14,18). The average Bonchev–Trinajstić information content (AvgIpc) is 2.65. The first-order valence-corrected chi connectivity index (χ1v) is 6.08. The number of rotatable bonds is 6. The minimum Gasteiger partial charge on any atom is -0.368 e. The first-order chi connectivity index (χ1) is 8.83. The van der Waals surface area contributed by atoms with E-state index in [0.29, 0.717) is 11.7 Å². The Bertz CT molecular complexity index is 459. The summed E-state index contributed by atoms with van der Waals surface area (Å²) in [7, 11) is 0. The van der Waals surface area contributed by atoms with Crippen LogP contribution in [0.4, 0.5) is 19.1 Å². The Labute approximate surface area is 111 Å². The van der Waals surface area contributed by atoms with Crippen LogP contribution in [-0.4, -0.2) is 39.1 Å². The third kappa shape index (κ3) is 5.20. The number of carbonyl (C=O) groups excluding carboxylic acids is 1. The highest BCUT2D eigenvalue weighted by molar-refractivity contribution is 7.99. The fourth-order valence-electron chi connectivity index (χ4n) is 1.09. The molecule has 0 bridgehead atoms. The molecule has 1 aromatic heterocycles. The number of hydrogen-bond acceptors (Lipinski definition) is 5. The van der Waals surface area contributed by atoms with Gasteiger partial charge in [-0.3, -0.25) is 9.36 Å². The number of allylic oxidation sites excluding steroid dienone is 1. The van der Waals surface area contributed by atoms with Crippen LogP contribution in [-0.2, 0) is 11.3 Å². The zero-order valence-corrected chi connectivity index (χ0v) is 10.6. The Morgan fingerprint density at radius 3 is 2.79 bits per heavy atom. The van der Waals surface area contributed by atoms with Crippen molar-refractivity contribution >= 4 is 23.6 Å². The van der Waals surface area contributed by atoms with Crippen molar-refractivity contribution < 1.29 is 18.0 Å². The summed E-state index contributed by atoms with van der Waals surface area (Å²) in [5.41, 5.74) is 5.53. The van der Waals surface area contributed by atoms with E-state index in [1.807, 2.05) is 0 Å². The molecule has 0 aliphatic rings. The molecule has 6 nitrogen and oxygen atoms in total. The van der Waals surface area contributed by atoms with Crippen LogP contribution in [0.25, 0.3) is 0 Å². The molecule has 1 rings (SSSR count). The Morgan fingerprint density at radius 1 is 1.53 bits per heavy atom. The number of nitrogen functional groups attached to an aromatic ring is 1. The fraction of sp³-hybridized carbons (Fsp3) is 0.444. The SMILES string of the molecule is C=CCn1c(N)nnc1SCC(=O)NCC(F)(F)F. The first-order valence-electron chi connectivity index (χ1n) is 5.09. The lowest BCUT2D eigenvalue weighted by Gasteiger charge is -2.08. The summed E-state index contributed by atoms with van der Waals surface area (Å²) in [6.07, 6.45) is -2.86. The van der Waals surface area contributed by atoms with Gasteiger partial charge in [-0.1, -0.05) is 17.8 Å². The van der Waals surface area contributed by atoms with E-state index in [1.165, 1.54) is 4.57 Å². The minimum absolute atomic E-state index is 0.151. The summed E-state index contributed by atoms with van der Waals surface area (Å²) >= 11 is 0.949. The van der Waals surface area contributed by atoms with Gasteiger partial charge in [0.1, 0.15) is 6.54 Å². The van der Waals surface area contributed by atoms with E-state index in [2.05, 4.69) is 16.8 Å². The van der Waals surface area contributed by atoms with E-state index in [1.54, 1.807) is 11.4 Å². The number of nitrogens with zero attached hydrogens (tertiary/aromatic N) is 3. The number of hydrogen-bond donors (Lipinski definition) is 2. The van der Waals surface area contributed by atoms with Gasteiger partial charge in [0, 0.05) is 6.54 Å². The number of nitrogens with one attached hydrogen (secondary N) is 1. The second kappa shape index (κ2) is 6.45. The zero-order valence-electron chi connectivity index (χ0n) is 9.78. The molecule has 0 unspecified atom stereocenters. The monoisotopic (exact) mass is 295 g/mol. The fourth-order valence-corrected chi connectivity index (χ4v) is 1.87. The number of aromatic nitrogens is 3. The van der Waals surface area contributed by atoms with Crippen molar-refractivity contribution in [2.75, 3.05) is 18.0 Å². The molecular weight excluding hydrogens is 283 g/mol. The third-order valence-electron chi connectivity index (χ3n) is 1.88. The van der Waals surface area contributed by atoms with Crippen molar-refractivity contribution in [1.29, 1.82) is 0 Å². The third-order valence-corrected chi connectivity index (χ3v) is 2.84. The van der Waals surface area contributed by atoms with E-state index in [-0.39, 0.29) is 11.7 Å². The van der Waals surface area contributed by atoms with E-state index in [0.717, 1.165) is 11.8 Å². The molecule has 106 valence electrons. The molecule has 0 fully saturated rings. The molecule has 0 radical (unpaired) electrons. The molecule has 0 aromatic carbocycles. The maximum Gasteiger partial charge on any atom is 0.405 e. The van der Waals surface area contributed by atoms with Gasteiger partial charge in [0.05, 0.1) is 5.75 Å². The van der Waals surface area contributed by atoms with Crippen LogP contribution >= 0.6 is 11.8 Å². The smallest absolute Gasteiger partial charge is 0.368 e. The second-order valence-electron chi connectivity index (χ2n) is 3.42. The molecule has 3 N–H and O–H groups in total. The maximum absolute atomic E-state index is 11.9. The Hall–Kier alpha value is -1.71. The predicted molar refractivity (Wildman–Crippen MR) is 64.4 cm³/mol. The van der Waals surface area contributed by atoms with Crippen molar-refractivity contribution in [2.45, 2.75) is 17.9 Å². The molecule has 0 aliphatic heterocycles. The predicted octanol–water partition coefficient (Wildman–Crippen LogP) is 0.817. The van der Waals surface area contributed by atoms with Gasteiger partial charge >= 0.3 is 6.18 Å². The maximum atomic E-state index is 11.9. The van der Waals surface area contributed by atoms with Gasteiger partial charge in [0.25, 0.3) is 0 Å². The highest BCUT2D eigenvalue weighted by Crippen LogP contribution is 2.18. The number of alkyl halides is 3. The number of anilines is 1. The summed E-state index contributed by atoms with van der Waals surface area (Å²) in [5.74, 6) is -0.794. The van der Waals surface area contributed by atoms with E-state index in [9.17, 15) is 18.0 Å². The van der Waals surface area contributed by atoms with Gasteiger partial charge in [-0.15, -0.1) is 16.8 Å². The molecule has 10 heteroatoms. The van der Waals surface area contributed by atoms with Crippen LogP contribution in [0, 0.1) is 0 Å². The molecular formula is C9H12F3N5OS. The zero-order chi connectivity index (χ0) is 14.5. The van der Waals surface area contributed by atoms with Gasteiger partial charge < -0.3 is 11.1 Å². The highest BCUT2D eigenvalue weighted by atomic mass is 32.2. The summed E-state index contributed by atoms with van der Waals surface area (Å²) in [4.78, 5) is 11.2. The molecule has 0 atom stereocenters. The lowest BCUT2D eigenvalue weighted by Crippen LogP contribution is -2.34. The summed E-state index contributed by atoms with van der Waals surface area (Å²) in [6, 6.07) is 0. The number of thioether (sulfide) groups is 1. The molecule has 0 saturated carbocycles. The van der Waals surface area contributed by atoms with Crippen molar-refractivity contribution in [3.05, 3.63) is 12.7 Å². The van der Waals surface area contributed by atoms with Crippen LogP contribution in [0.2, 0.25) is 0 Å². The summed E-state index contributed by atoms with van der Waals surface area (Å²) < 4.78 is 37.1. The van der Waals surface area contributed by atoms with Crippen molar-refractivity contribution in [3.8, 4) is 0 Å². The molecule has 1 heterocycles. The lowest BCUT2D eigenvalue weighted by molar-refractivity contribution is -0.136. The van der Waals surface area contributed by atoms with Crippen molar-refractivity contribution in [2.24, 2.45) is 0 Å². The van der Waals surface area contributed by atoms with Gasteiger partial charge in [-0.2, -0.15) is 13.2 Å². The lowest BCUT2D eigenvalue weighted by atomic mass is 10.6. The van der Waals surface area contributed by atoms with Crippen LogP contribution in [0.5, 0.6) is 0 Å². The second-order valence-corrected chi connectivity index (χ2v) is 4.36. The molecule has 0 spiro atoms.